The van der Waals surface area contributed by atoms with Gasteiger partial charge >= 0.3 is 0 Å². The van der Waals surface area contributed by atoms with Gasteiger partial charge in [0.05, 0.1) is 6.61 Å². The van der Waals surface area contributed by atoms with Crippen molar-refractivity contribution < 1.29 is 13.2 Å². The van der Waals surface area contributed by atoms with E-state index in [-0.39, 0.29) is 4.90 Å². The molecule has 1 aromatic heterocycles. The first-order valence-corrected chi connectivity index (χ1v) is 11.3. The summed E-state index contributed by atoms with van der Waals surface area (Å²) in [4.78, 5) is 6.99. The molecular formula is C20H30N4O3S. The SMILES string of the molecule is CCOc1ccccc1S(=O)(=O)N1CCN(CCn2ccnc2C(C)C)CC1. The molecule has 0 radical (unpaired) electrons. The van der Waals surface area contributed by atoms with E-state index in [4.69, 9.17) is 4.74 Å². The van der Waals surface area contributed by atoms with Crippen molar-refractivity contribution in [1.82, 2.24) is 18.8 Å². The van der Waals surface area contributed by atoms with Crippen molar-refractivity contribution in [2.45, 2.75) is 38.1 Å². The molecule has 0 amide bonds. The lowest BCUT2D eigenvalue weighted by Crippen LogP contribution is -2.49. The lowest BCUT2D eigenvalue weighted by atomic mass is 10.2. The molecule has 28 heavy (non-hydrogen) atoms. The largest absolute Gasteiger partial charge is 0.492 e. The van der Waals surface area contributed by atoms with Crippen LogP contribution in [0.4, 0.5) is 0 Å². The van der Waals surface area contributed by atoms with Gasteiger partial charge in [0.2, 0.25) is 10.0 Å². The maximum atomic E-state index is 13.1. The van der Waals surface area contributed by atoms with Gasteiger partial charge in [0.25, 0.3) is 0 Å². The molecule has 1 aliphatic heterocycles. The molecule has 2 aromatic rings. The summed E-state index contributed by atoms with van der Waals surface area (Å²) in [6, 6.07) is 6.87. The standard InChI is InChI=1S/C20H30N4O3S/c1-4-27-18-7-5-6-8-19(18)28(25,26)24-15-12-22(13-16-24)11-14-23-10-9-21-20(23)17(2)3/h5-10,17H,4,11-16H2,1-3H3. The number of rotatable bonds is 8. The highest BCUT2D eigenvalue weighted by atomic mass is 32.2. The maximum absolute atomic E-state index is 13.1. The van der Waals surface area contributed by atoms with Crippen LogP contribution in [0.15, 0.2) is 41.6 Å². The Labute approximate surface area is 168 Å². The number of sulfonamides is 1. The summed E-state index contributed by atoms with van der Waals surface area (Å²) in [5.74, 6) is 1.91. The first-order chi connectivity index (χ1) is 13.4. The minimum atomic E-state index is -3.55. The lowest BCUT2D eigenvalue weighted by molar-refractivity contribution is 0.182. The van der Waals surface area contributed by atoms with Crippen molar-refractivity contribution in [3.63, 3.8) is 0 Å². The van der Waals surface area contributed by atoms with E-state index in [0.29, 0.717) is 31.4 Å². The first kappa shape index (κ1) is 20.8. The zero-order chi connectivity index (χ0) is 20.1. The molecule has 0 bridgehead atoms. The van der Waals surface area contributed by atoms with Crippen molar-refractivity contribution in [1.29, 1.82) is 0 Å². The predicted octanol–water partition coefficient (Wildman–Crippen LogP) is 2.41. The van der Waals surface area contributed by atoms with Crippen LogP contribution < -0.4 is 4.74 Å². The van der Waals surface area contributed by atoms with Gasteiger partial charge in [-0.15, -0.1) is 0 Å². The second-order valence-electron chi connectivity index (χ2n) is 7.26. The number of para-hydroxylation sites is 1. The highest BCUT2D eigenvalue weighted by Gasteiger charge is 2.30. The molecule has 0 spiro atoms. The van der Waals surface area contributed by atoms with Crippen molar-refractivity contribution in [2.24, 2.45) is 0 Å². The molecule has 1 aliphatic rings. The van der Waals surface area contributed by atoms with E-state index in [2.05, 4.69) is 28.3 Å². The number of hydrogen-bond acceptors (Lipinski definition) is 5. The van der Waals surface area contributed by atoms with Gasteiger partial charge < -0.3 is 9.30 Å². The number of aromatic nitrogens is 2. The molecule has 154 valence electrons. The molecule has 7 nitrogen and oxygen atoms in total. The quantitative estimate of drug-likeness (QED) is 0.673. The highest BCUT2D eigenvalue weighted by Crippen LogP contribution is 2.27. The average Bonchev–Trinajstić information content (AvgIpc) is 3.16. The number of hydrogen-bond donors (Lipinski definition) is 0. The Morgan fingerprint density at radius 1 is 1.11 bits per heavy atom. The minimum Gasteiger partial charge on any atom is -0.492 e. The number of imidazole rings is 1. The van der Waals surface area contributed by atoms with Crippen LogP contribution in [0.2, 0.25) is 0 Å². The van der Waals surface area contributed by atoms with Gasteiger partial charge in [0.15, 0.2) is 0 Å². The third-order valence-corrected chi connectivity index (χ3v) is 6.96. The Balaban J connectivity index is 1.60. The van der Waals surface area contributed by atoms with E-state index < -0.39 is 10.0 Å². The fourth-order valence-electron chi connectivity index (χ4n) is 3.53. The molecule has 1 fully saturated rings. The zero-order valence-corrected chi connectivity index (χ0v) is 17.7. The Bertz CT molecular complexity index is 871. The molecule has 2 heterocycles. The third-order valence-electron chi connectivity index (χ3n) is 5.02. The summed E-state index contributed by atoms with van der Waals surface area (Å²) in [6.45, 7) is 10.8. The van der Waals surface area contributed by atoms with Gasteiger partial charge in [0.1, 0.15) is 16.5 Å². The summed E-state index contributed by atoms with van der Waals surface area (Å²) < 4.78 is 35.4. The molecule has 8 heteroatoms. The van der Waals surface area contributed by atoms with Crippen LogP contribution in [-0.4, -0.2) is 66.5 Å². The normalized spacial score (nSPS) is 16.6. The number of benzene rings is 1. The smallest absolute Gasteiger partial charge is 0.246 e. The fraction of sp³-hybridized carbons (Fsp3) is 0.550. The summed E-state index contributed by atoms with van der Waals surface area (Å²) >= 11 is 0. The van der Waals surface area contributed by atoms with Crippen LogP contribution in [0.3, 0.4) is 0 Å². The summed E-state index contributed by atoms with van der Waals surface area (Å²) in [6.07, 6.45) is 3.86. The molecule has 0 N–H and O–H groups in total. The third kappa shape index (κ3) is 4.56. The Kier molecular flexibility index (Phi) is 6.74. The van der Waals surface area contributed by atoms with Crippen LogP contribution in [0.25, 0.3) is 0 Å². The molecule has 0 aliphatic carbocycles. The van der Waals surface area contributed by atoms with Crippen LogP contribution in [0.1, 0.15) is 32.5 Å². The molecule has 1 aromatic carbocycles. The van der Waals surface area contributed by atoms with E-state index in [1.54, 1.807) is 28.6 Å². The van der Waals surface area contributed by atoms with Gasteiger partial charge in [-0.2, -0.15) is 4.31 Å². The lowest BCUT2D eigenvalue weighted by Gasteiger charge is -2.34. The number of piperazine rings is 1. The van der Waals surface area contributed by atoms with Crippen LogP contribution in [-0.2, 0) is 16.6 Å². The molecule has 0 saturated carbocycles. The van der Waals surface area contributed by atoms with E-state index in [0.717, 1.165) is 32.0 Å². The maximum Gasteiger partial charge on any atom is 0.246 e. The zero-order valence-electron chi connectivity index (χ0n) is 16.9. The van der Waals surface area contributed by atoms with Gasteiger partial charge in [-0.05, 0) is 19.1 Å². The monoisotopic (exact) mass is 406 g/mol. The van der Waals surface area contributed by atoms with E-state index in [1.807, 2.05) is 19.3 Å². The molecule has 3 rings (SSSR count). The van der Waals surface area contributed by atoms with Crippen molar-refractivity contribution in [2.75, 3.05) is 39.3 Å². The van der Waals surface area contributed by atoms with Gasteiger partial charge in [-0.25, -0.2) is 13.4 Å². The molecule has 1 saturated heterocycles. The summed E-state index contributed by atoms with van der Waals surface area (Å²) in [5.41, 5.74) is 0. The first-order valence-electron chi connectivity index (χ1n) is 9.88. The van der Waals surface area contributed by atoms with E-state index in [9.17, 15) is 8.42 Å². The van der Waals surface area contributed by atoms with Crippen molar-refractivity contribution in [3.8, 4) is 5.75 Å². The van der Waals surface area contributed by atoms with Crippen molar-refractivity contribution >= 4 is 10.0 Å². The summed E-state index contributed by atoms with van der Waals surface area (Å²) in [7, 11) is -3.55. The Morgan fingerprint density at radius 2 is 1.82 bits per heavy atom. The molecule has 0 atom stereocenters. The molecule has 0 unspecified atom stereocenters. The Hall–Kier alpha value is -1.90. The van der Waals surface area contributed by atoms with Gasteiger partial charge in [-0.1, -0.05) is 26.0 Å². The summed E-state index contributed by atoms with van der Waals surface area (Å²) in [5, 5.41) is 0. The molecular weight excluding hydrogens is 376 g/mol. The fourth-order valence-corrected chi connectivity index (χ4v) is 5.08. The second-order valence-corrected chi connectivity index (χ2v) is 9.17. The topological polar surface area (TPSA) is 67.7 Å². The number of nitrogens with zero attached hydrogens (tertiary/aromatic N) is 4. The van der Waals surface area contributed by atoms with Crippen molar-refractivity contribution in [3.05, 3.63) is 42.5 Å². The Morgan fingerprint density at radius 3 is 2.50 bits per heavy atom. The average molecular weight is 407 g/mol. The highest BCUT2D eigenvalue weighted by molar-refractivity contribution is 7.89. The van der Waals surface area contributed by atoms with E-state index >= 15 is 0 Å². The van der Waals surface area contributed by atoms with Crippen LogP contribution in [0, 0.1) is 0 Å². The van der Waals surface area contributed by atoms with E-state index in [1.165, 1.54) is 0 Å². The number of ether oxygens (including phenoxy) is 1. The predicted molar refractivity (Wildman–Crippen MR) is 109 cm³/mol. The van der Waals surface area contributed by atoms with Gasteiger partial charge in [0, 0.05) is 57.6 Å². The van der Waals surface area contributed by atoms with Gasteiger partial charge in [-0.3, -0.25) is 4.90 Å². The van der Waals surface area contributed by atoms with Crippen LogP contribution in [0.5, 0.6) is 5.75 Å². The second kappa shape index (κ2) is 9.07. The minimum absolute atomic E-state index is 0.255. The van der Waals surface area contributed by atoms with Crippen LogP contribution >= 0.6 is 0 Å².